The van der Waals surface area contributed by atoms with Crippen LogP contribution in [0.3, 0.4) is 0 Å². The number of carboxylic acid groups (broad SMARTS) is 1. The highest BCUT2D eigenvalue weighted by atomic mass is 16.4. The Morgan fingerprint density at radius 3 is 2.44 bits per heavy atom. The number of hydrogen-bond acceptors (Lipinski definition) is 3. The van der Waals surface area contributed by atoms with Crippen molar-refractivity contribution < 1.29 is 19.8 Å². The molecule has 1 aliphatic heterocycles. The molecule has 2 atom stereocenters. The summed E-state index contributed by atoms with van der Waals surface area (Å²) in [6, 6.07) is 0. The van der Waals surface area contributed by atoms with E-state index in [1.165, 1.54) is 0 Å². The number of rotatable bonds is 2. The summed E-state index contributed by atoms with van der Waals surface area (Å²) in [7, 11) is 0. The number of carbonyl (C=O) groups excluding carboxylic acids is 1. The Hall–Kier alpha value is -1.10. The van der Waals surface area contributed by atoms with Gasteiger partial charge in [0.1, 0.15) is 5.41 Å². The Labute approximate surface area is 94.0 Å². The first-order valence-electron chi connectivity index (χ1n) is 5.68. The second kappa shape index (κ2) is 3.73. The highest BCUT2D eigenvalue weighted by Crippen LogP contribution is 2.47. The van der Waals surface area contributed by atoms with Crippen molar-refractivity contribution in [3.05, 3.63) is 0 Å². The quantitative estimate of drug-likeness (QED) is 0.655. The summed E-state index contributed by atoms with van der Waals surface area (Å²) in [6.45, 7) is 2.82. The molecule has 1 saturated heterocycles. The zero-order valence-corrected chi connectivity index (χ0v) is 9.35. The number of aliphatic hydroxyl groups is 1. The minimum atomic E-state index is -1.14. The standard InChI is InChI=1S/C11H17NO4/c1-7-6-12(5-2-8(7)13)9(14)11(3-4-11)10(15)16/h7-8,13H,2-6H2,1H3,(H,15,16). The third kappa shape index (κ3) is 1.69. The molecule has 2 rings (SSSR count). The lowest BCUT2D eigenvalue weighted by Gasteiger charge is -2.35. The summed E-state index contributed by atoms with van der Waals surface area (Å²) in [5, 5.41) is 18.6. The molecule has 2 fully saturated rings. The van der Waals surface area contributed by atoms with Gasteiger partial charge in [-0.2, -0.15) is 0 Å². The molecule has 0 aromatic carbocycles. The number of aliphatic carboxylic acids is 1. The van der Waals surface area contributed by atoms with E-state index in [4.69, 9.17) is 5.11 Å². The number of aliphatic hydroxyl groups excluding tert-OH is 1. The average molecular weight is 227 g/mol. The fraction of sp³-hybridized carbons (Fsp3) is 0.818. The SMILES string of the molecule is CC1CN(C(=O)C2(C(=O)O)CC2)CCC1O. The number of piperidine rings is 1. The van der Waals surface area contributed by atoms with E-state index < -0.39 is 11.4 Å². The van der Waals surface area contributed by atoms with Crippen LogP contribution in [-0.2, 0) is 9.59 Å². The monoisotopic (exact) mass is 227 g/mol. The van der Waals surface area contributed by atoms with Crippen LogP contribution < -0.4 is 0 Å². The smallest absolute Gasteiger partial charge is 0.319 e. The molecular weight excluding hydrogens is 210 g/mol. The molecule has 1 aliphatic carbocycles. The van der Waals surface area contributed by atoms with Crippen molar-refractivity contribution in [2.45, 2.75) is 32.3 Å². The number of hydrogen-bond donors (Lipinski definition) is 2. The highest BCUT2D eigenvalue weighted by Gasteiger charge is 2.58. The second-order valence-electron chi connectivity index (χ2n) is 4.97. The number of likely N-dealkylation sites (tertiary alicyclic amines) is 1. The van der Waals surface area contributed by atoms with E-state index in [1.54, 1.807) is 4.90 Å². The molecule has 0 aromatic rings. The summed E-state index contributed by atoms with van der Waals surface area (Å²) in [5.74, 6) is -1.24. The zero-order valence-electron chi connectivity index (χ0n) is 9.35. The van der Waals surface area contributed by atoms with Gasteiger partial charge in [0, 0.05) is 13.1 Å². The normalized spacial score (nSPS) is 32.2. The first kappa shape index (κ1) is 11.4. The van der Waals surface area contributed by atoms with Gasteiger partial charge in [-0.1, -0.05) is 6.92 Å². The zero-order chi connectivity index (χ0) is 11.9. The number of amides is 1. The van der Waals surface area contributed by atoms with E-state index in [0.29, 0.717) is 32.4 Å². The molecule has 90 valence electrons. The van der Waals surface area contributed by atoms with E-state index in [2.05, 4.69) is 0 Å². The number of nitrogens with zero attached hydrogens (tertiary/aromatic N) is 1. The number of carboxylic acids is 1. The third-order valence-electron chi connectivity index (χ3n) is 3.72. The molecule has 16 heavy (non-hydrogen) atoms. The van der Waals surface area contributed by atoms with Crippen LogP contribution in [0.15, 0.2) is 0 Å². The summed E-state index contributed by atoms with van der Waals surface area (Å²) in [6.07, 6.45) is 1.08. The van der Waals surface area contributed by atoms with Crippen molar-refractivity contribution in [2.24, 2.45) is 11.3 Å². The lowest BCUT2D eigenvalue weighted by Crippen LogP contribution is -2.49. The first-order chi connectivity index (χ1) is 7.47. The van der Waals surface area contributed by atoms with Crippen LogP contribution >= 0.6 is 0 Å². The molecule has 5 nitrogen and oxygen atoms in total. The summed E-state index contributed by atoms with van der Waals surface area (Å²) in [5.41, 5.74) is -1.14. The summed E-state index contributed by atoms with van der Waals surface area (Å²) >= 11 is 0. The fourth-order valence-electron chi connectivity index (χ4n) is 2.26. The van der Waals surface area contributed by atoms with Crippen LogP contribution in [0.1, 0.15) is 26.2 Å². The first-order valence-corrected chi connectivity index (χ1v) is 5.68. The van der Waals surface area contributed by atoms with Crippen LogP contribution in [0.25, 0.3) is 0 Å². The highest BCUT2D eigenvalue weighted by molar-refractivity contribution is 6.04. The molecule has 1 heterocycles. The topological polar surface area (TPSA) is 77.8 Å². The van der Waals surface area contributed by atoms with E-state index >= 15 is 0 Å². The molecule has 5 heteroatoms. The maximum absolute atomic E-state index is 12.0. The van der Waals surface area contributed by atoms with Crippen molar-refractivity contribution in [1.82, 2.24) is 4.90 Å². The molecule has 0 bridgehead atoms. The minimum Gasteiger partial charge on any atom is -0.480 e. The molecule has 0 radical (unpaired) electrons. The third-order valence-corrected chi connectivity index (χ3v) is 3.72. The predicted molar refractivity (Wildman–Crippen MR) is 55.7 cm³/mol. The lowest BCUT2D eigenvalue weighted by molar-refractivity contribution is -0.155. The Balaban J connectivity index is 2.04. The van der Waals surface area contributed by atoms with E-state index in [0.717, 1.165) is 0 Å². The molecular formula is C11H17NO4. The Kier molecular flexibility index (Phi) is 2.66. The van der Waals surface area contributed by atoms with Gasteiger partial charge in [0.15, 0.2) is 0 Å². The van der Waals surface area contributed by atoms with Gasteiger partial charge in [-0.05, 0) is 25.2 Å². The maximum atomic E-state index is 12.0. The van der Waals surface area contributed by atoms with Gasteiger partial charge in [-0.25, -0.2) is 0 Å². The van der Waals surface area contributed by atoms with Gasteiger partial charge in [0.25, 0.3) is 0 Å². The van der Waals surface area contributed by atoms with Crippen LogP contribution in [0.5, 0.6) is 0 Å². The Bertz CT molecular complexity index is 324. The van der Waals surface area contributed by atoms with Crippen LogP contribution in [0, 0.1) is 11.3 Å². The Morgan fingerprint density at radius 1 is 1.38 bits per heavy atom. The van der Waals surface area contributed by atoms with Crippen molar-refractivity contribution in [3.63, 3.8) is 0 Å². The Morgan fingerprint density at radius 2 is 2.00 bits per heavy atom. The molecule has 2 aliphatic rings. The molecule has 1 saturated carbocycles. The van der Waals surface area contributed by atoms with Crippen LogP contribution in [0.2, 0.25) is 0 Å². The van der Waals surface area contributed by atoms with E-state index in [1.807, 2.05) is 6.92 Å². The molecule has 0 aromatic heterocycles. The molecule has 1 amide bonds. The second-order valence-corrected chi connectivity index (χ2v) is 4.97. The van der Waals surface area contributed by atoms with Gasteiger partial charge in [-0.15, -0.1) is 0 Å². The van der Waals surface area contributed by atoms with Gasteiger partial charge >= 0.3 is 5.97 Å². The molecule has 2 unspecified atom stereocenters. The predicted octanol–water partition coefficient (Wildman–Crippen LogP) is 0.0805. The van der Waals surface area contributed by atoms with Crippen molar-refractivity contribution >= 4 is 11.9 Å². The van der Waals surface area contributed by atoms with Gasteiger partial charge in [0.2, 0.25) is 5.91 Å². The van der Waals surface area contributed by atoms with Crippen molar-refractivity contribution in [2.75, 3.05) is 13.1 Å². The van der Waals surface area contributed by atoms with Gasteiger partial charge in [-0.3, -0.25) is 9.59 Å². The van der Waals surface area contributed by atoms with Crippen molar-refractivity contribution in [1.29, 1.82) is 0 Å². The number of carbonyl (C=O) groups is 2. The minimum absolute atomic E-state index is 0.0299. The summed E-state index contributed by atoms with van der Waals surface area (Å²) in [4.78, 5) is 24.7. The maximum Gasteiger partial charge on any atom is 0.319 e. The molecule has 2 N–H and O–H groups in total. The average Bonchev–Trinajstić information content (AvgIpc) is 3.02. The largest absolute Gasteiger partial charge is 0.480 e. The van der Waals surface area contributed by atoms with Crippen molar-refractivity contribution in [3.8, 4) is 0 Å². The fourth-order valence-corrected chi connectivity index (χ4v) is 2.26. The van der Waals surface area contributed by atoms with Crippen LogP contribution in [-0.4, -0.2) is 46.2 Å². The van der Waals surface area contributed by atoms with Gasteiger partial charge < -0.3 is 15.1 Å². The van der Waals surface area contributed by atoms with Crippen LogP contribution in [0.4, 0.5) is 0 Å². The van der Waals surface area contributed by atoms with E-state index in [-0.39, 0.29) is 17.9 Å². The molecule has 0 spiro atoms. The lowest BCUT2D eigenvalue weighted by atomic mass is 9.94. The van der Waals surface area contributed by atoms with E-state index in [9.17, 15) is 14.7 Å². The van der Waals surface area contributed by atoms with Gasteiger partial charge in [0.05, 0.1) is 6.10 Å². The summed E-state index contributed by atoms with van der Waals surface area (Å²) < 4.78 is 0.